The van der Waals surface area contributed by atoms with Crippen molar-refractivity contribution in [2.45, 2.75) is 19.8 Å². The number of hydrogen-bond acceptors (Lipinski definition) is 6. The molecule has 1 aliphatic carbocycles. The van der Waals surface area contributed by atoms with Crippen molar-refractivity contribution in [3.05, 3.63) is 52.7 Å². The lowest BCUT2D eigenvalue weighted by atomic mass is 9.58. The molecule has 0 unspecified atom stereocenters. The Hall–Kier alpha value is -3.27. The number of ether oxygens (including phenoxy) is 1. The van der Waals surface area contributed by atoms with Gasteiger partial charge in [-0.1, -0.05) is 25.1 Å². The maximum atomic E-state index is 10.1. The number of likely N-dealkylation sites (N-methyl/N-ethyl adjacent to an activating group) is 1. The molecule has 0 amide bonds. The van der Waals surface area contributed by atoms with Gasteiger partial charge in [0, 0.05) is 24.9 Å². The number of hydrogen-bond donors (Lipinski definition) is 1. The Morgan fingerprint density at radius 3 is 2.39 bits per heavy atom. The molecule has 2 aliphatic rings. The minimum atomic E-state index is -1.59. The normalized spacial score (nSPS) is 23.6. The third-order valence-corrected chi connectivity index (χ3v) is 5.74. The Bertz CT molecular complexity index is 925. The topological polar surface area (TPSA) is 110 Å². The molecule has 28 heavy (non-hydrogen) atoms. The summed E-state index contributed by atoms with van der Waals surface area (Å²) in [6.45, 7) is 6.80. The molecular formula is C22H23N5O. The number of fused-ring (bicyclic) bond motifs is 1. The fourth-order valence-electron chi connectivity index (χ4n) is 4.31. The molecule has 0 saturated heterocycles. The second kappa shape index (κ2) is 7.77. The molecule has 1 aliphatic heterocycles. The summed E-state index contributed by atoms with van der Waals surface area (Å²) >= 11 is 0. The number of allylic oxidation sites excluding steroid dienone is 2. The molecule has 6 nitrogen and oxygen atoms in total. The van der Waals surface area contributed by atoms with Gasteiger partial charge in [-0.15, -0.1) is 0 Å². The van der Waals surface area contributed by atoms with Gasteiger partial charge in [-0.25, -0.2) is 0 Å². The third-order valence-electron chi connectivity index (χ3n) is 5.74. The van der Waals surface area contributed by atoms with E-state index >= 15 is 0 Å². The Morgan fingerprint density at radius 1 is 1.18 bits per heavy atom. The van der Waals surface area contributed by atoms with E-state index in [1.165, 1.54) is 0 Å². The third kappa shape index (κ3) is 2.91. The summed E-state index contributed by atoms with van der Waals surface area (Å²) in [5, 5.41) is 29.8. The minimum absolute atomic E-state index is 0.0614. The van der Waals surface area contributed by atoms with Gasteiger partial charge in [-0.05, 0) is 36.7 Å². The van der Waals surface area contributed by atoms with E-state index in [0.29, 0.717) is 13.2 Å². The van der Waals surface area contributed by atoms with Crippen LogP contribution >= 0.6 is 0 Å². The molecule has 1 heterocycles. The molecule has 142 valence electrons. The van der Waals surface area contributed by atoms with Crippen molar-refractivity contribution in [3.8, 4) is 24.0 Å². The summed E-state index contributed by atoms with van der Waals surface area (Å²) in [7, 11) is 0. The Balaban J connectivity index is 2.22. The van der Waals surface area contributed by atoms with Gasteiger partial charge in [0.2, 0.25) is 0 Å². The van der Waals surface area contributed by atoms with Crippen LogP contribution in [0.4, 0.5) is 0 Å². The van der Waals surface area contributed by atoms with E-state index in [0.717, 1.165) is 30.0 Å². The van der Waals surface area contributed by atoms with Crippen molar-refractivity contribution >= 4 is 0 Å². The van der Waals surface area contributed by atoms with Crippen LogP contribution in [0.25, 0.3) is 0 Å². The molecule has 3 rings (SSSR count). The lowest BCUT2D eigenvalue weighted by Gasteiger charge is -2.45. The Kier molecular flexibility index (Phi) is 5.41. The smallest absolute Gasteiger partial charge is 0.191 e. The van der Waals surface area contributed by atoms with Crippen LogP contribution in [0.15, 0.2) is 47.2 Å². The summed E-state index contributed by atoms with van der Waals surface area (Å²) in [4.78, 5) is 2.24. The standard InChI is InChI=1S/C22H23N5O/c1-3-27-10-9-17-18(11-23)21(26)22(13-24,14-25)20(19(17)12-27)15-5-7-16(8-6-15)28-4-2/h5-9,19-20H,3-4,10,12,26H2,1-2H3/t19-,20-/m1/s1. The van der Waals surface area contributed by atoms with Gasteiger partial charge in [0.15, 0.2) is 5.41 Å². The van der Waals surface area contributed by atoms with E-state index < -0.39 is 11.3 Å². The molecule has 0 aromatic heterocycles. The highest BCUT2D eigenvalue weighted by atomic mass is 16.5. The van der Waals surface area contributed by atoms with Crippen molar-refractivity contribution in [2.75, 3.05) is 26.2 Å². The predicted octanol–water partition coefficient (Wildman–Crippen LogP) is 2.83. The van der Waals surface area contributed by atoms with Gasteiger partial charge >= 0.3 is 0 Å². The van der Waals surface area contributed by atoms with Crippen LogP contribution in [0, 0.1) is 45.3 Å². The fourth-order valence-corrected chi connectivity index (χ4v) is 4.31. The molecule has 0 spiro atoms. The highest BCUT2D eigenvalue weighted by molar-refractivity contribution is 5.59. The molecule has 2 N–H and O–H groups in total. The van der Waals surface area contributed by atoms with E-state index in [4.69, 9.17) is 10.5 Å². The van der Waals surface area contributed by atoms with Gasteiger partial charge in [0.05, 0.1) is 30.0 Å². The Labute approximate surface area is 165 Å². The van der Waals surface area contributed by atoms with Crippen LogP contribution in [-0.2, 0) is 0 Å². The van der Waals surface area contributed by atoms with E-state index in [-0.39, 0.29) is 17.2 Å². The first-order valence-electron chi connectivity index (χ1n) is 9.44. The summed E-state index contributed by atoms with van der Waals surface area (Å²) in [6, 6.07) is 14.0. The summed E-state index contributed by atoms with van der Waals surface area (Å²) < 4.78 is 5.52. The first-order chi connectivity index (χ1) is 13.6. The Morgan fingerprint density at radius 2 is 1.86 bits per heavy atom. The van der Waals surface area contributed by atoms with E-state index in [2.05, 4.69) is 30.0 Å². The van der Waals surface area contributed by atoms with Gasteiger partial charge in [0.25, 0.3) is 0 Å². The molecule has 6 heteroatoms. The van der Waals surface area contributed by atoms with Crippen LogP contribution in [0.3, 0.4) is 0 Å². The van der Waals surface area contributed by atoms with Gasteiger partial charge < -0.3 is 10.5 Å². The van der Waals surface area contributed by atoms with Crippen molar-refractivity contribution in [2.24, 2.45) is 17.1 Å². The summed E-state index contributed by atoms with van der Waals surface area (Å²) in [5.74, 6) is 0.112. The highest BCUT2D eigenvalue weighted by Crippen LogP contribution is 2.54. The number of nitriles is 3. The number of nitrogens with two attached hydrogens (primary N) is 1. The summed E-state index contributed by atoms with van der Waals surface area (Å²) in [5.41, 5.74) is 6.76. The van der Waals surface area contributed by atoms with Crippen molar-refractivity contribution in [1.29, 1.82) is 15.8 Å². The maximum absolute atomic E-state index is 10.1. The molecule has 0 saturated carbocycles. The van der Waals surface area contributed by atoms with Crippen LogP contribution < -0.4 is 10.5 Å². The molecular weight excluding hydrogens is 350 g/mol. The van der Waals surface area contributed by atoms with Crippen LogP contribution in [-0.4, -0.2) is 31.1 Å². The largest absolute Gasteiger partial charge is 0.494 e. The van der Waals surface area contributed by atoms with Crippen molar-refractivity contribution in [3.63, 3.8) is 0 Å². The second-order valence-corrected chi connectivity index (χ2v) is 7.03. The minimum Gasteiger partial charge on any atom is -0.494 e. The fraction of sp³-hybridized carbons (Fsp3) is 0.409. The average Bonchev–Trinajstić information content (AvgIpc) is 2.73. The SMILES string of the molecule is CCOc1ccc([C@@H]2[C@@H]3CN(CC)CC=C3C(C#N)=C(N)C2(C#N)C#N)cc1. The number of nitrogens with zero attached hydrogens (tertiary/aromatic N) is 4. The van der Waals surface area contributed by atoms with Gasteiger partial charge in [-0.2, -0.15) is 15.8 Å². The van der Waals surface area contributed by atoms with Crippen molar-refractivity contribution < 1.29 is 4.74 Å². The lowest BCUT2D eigenvalue weighted by molar-refractivity contribution is 0.214. The maximum Gasteiger partial charge on any atom is 0.191 e. The average molecular weight is 373 g/mol. The zero-order chi connectivity index (χ0) is 20.3. The van der Waals surface area contributed by atoms with E-state index in [1.54, 1.807) is 0 Å². The van der Waals surface area contributed by atoms with Crippen LogP contribution in [0.5, 0.6) is 5.75 Å². The molecule has 2 atom stereocenters. The molecule has 1 aromatic carbocycles. The molecule has 0 radical (unpaired) electrons. The van der Waals surface area contributed by atoms with Gasteiger partial charge in [0.1, 0.15) is 11.8 Å². The van der Waals surface area contributed by atoms with Crippen LogP contribution in [0.1, 0.15) is 25.3 Å². The first-order valence-corrected chi connectivity index (χ1v) is 9.44. The highest BCUT2D eigenvalue weighted by Gasteiger charge is 2.54. The zero-order valence-corrected chi connectivity index (χ0v) is 16.1. The molecule has 1 aromatic rings. The van der Waals surface area contributed by atoms with E-state index in [1.807, 2.05) is 37.3 Å². The quantitative estimate of drug-likeness (QED) is 0.869. The molecule has 0 bridgehead atoms. The monoisotopic (exact) mass is 373 g/mol. The lowest BCUT2D eigenvalue weighted by Crippen LogP contribution is -2.48. The van der Waals surface area contributed by atoms with Crippen molar-refractivity contribution in [1.82, 2.24) is 4.90 Å². The zero-order valence-electron chi connectivity index (χ0n) is 16.1. The summed E-state index contributed by atoms with van der Waals surface area (Å²) in [6.07, 6.45) is 2.02. The number of benzene rings is 1. The predicted molar refractivity (Wildman–Crippen MR) is 105 cm³/mol. The number of rotatable bonds is 4. The first kappa shape index (κ1) is 19.5. The van der Waals surface area contributed by atoms with Crippen LogP contribution in [0.2, 0.25) is 0 Å². The molecule has 0 fully saturated rings. The van der Waals surface area contributed by atoms with Gasteiger partial charge in [-0.3, -0.25) is 4.90 Å². The van der Waals surface area contributed by atoms with E-state index in [9.17, 15) is 15.8 Å². The second-order valence-electron chi connectivity index (χ2n) is 7.03.